The molecule has 0 unspecified atom stereocenters. The van der Waals surface area contributed by atoms with Gasteiger partial charge in [0.25, 0.3) is 0 Å². The van der Waals surface area contributed by atoms with Crippen LogP contribution in [0.15, 0.2) is 48.7 Å². The standard InChI is InChI=1S/C17H17NO/c1-12-3-8-17-16(9-12)14(11-18-17)10-13-4-6-15(19-2)7-5-13/h3-9,11,18H,10H2,1-2H3. The number of benzene rings is 2. The largest absolute Gasteiger partial charge is 0.497 e. The molecule has 0 radical (unpaired) electrons. The lowest BCUT2D eigenvalue weighted by molar-refractivity contribution is 0.414. The van der Waals surface area contributed by atoms with Gasteiger partial charge in [0.1, 0.15) is 5.75 Å². The second kappa shape index (κ2) is 4.81. The molecule has 96 valence electrons. The Bertz CT molecular complexity index is 695. The molecule has 19 heavy (non-hydrogen) atoms. The molecule has 3 rings (SSSR count). The van der Waals surface area contributed by atoms with E-state index < -0.39 is 0 Å². The van der Waals surface area contributed by atoms with Gasteiger partial charge in [-0.3, -0.25) is 0 Å². The molecule has 3 aromatic rings. The van der Waals surface area contributed by atoms with Crippen LogP contribution in [0.1, 0.15) is 16.7 Å². The fourth-order valence-corrected chi connectivity index (χ4v) is 2.40. The molecule has 0 saturated carbocycles. The second-order valence-electron chi connectivity index (χ2n) is 4.89. The SMILES string of the molecule is COc1ccc(Cc2c[nH]c3ccc(C)cc23)cc1. The quantitative estimate of drug-likeness (QED) is 0.745. The Morgan fingerprint density at radius 2 is 1.84 bits per heavy atom. The van der Waals surface area contributed by atoms with Gasteiger partial charge in [-0.2, -0.15) is 0 Å². The van der Waals surface area contributed by atoms with E-state index in [0.29, 0.717) is 0 Å². The van der Waals surface area contributed by atoms with E-state index in [1.807, 2.05) is 12.1 Å². The van der Waals surface area contributed by atoms with Crippen molar-refractivity contribution in [3.8, 4) is 5.75 Å². The third-order valence-corrected chi connectivity index (χ3v) is 3.48. The first-order valence-corrected chi connectivity index (χ1v) is 6.46. The van der Waals surface area contributed by atoms with Crippen LogP contribution in [0.25, 0.3) is 10.9 Å². The molecule has 0 amide bonds. The molecule has 0 aliphatic carbocycles. The summed E-state index contributed by atoms with van der Waals surface area (Å²) in [6.45, 7) is 2.13. The maximum absolute atomic E-state index is 5.18. The van der Waals surface area contributed by atoms with Gasteiger partial charge < -0.3 is 9.72 Å². The highest BCUT2D eigenvalue weighted by molar-refractivity contribution is 5.84. The molecule has 0 spiro atoms. The minimum Gasteiger partial charge on any atom is -0.497 e. The van der Waals surface area contributed by atoms with Crippen molar-refractivity contribution in [1.82, 2.24) is 4.98 Å². The number of fused-ring (bicyclic) bond motifs is 1. The Labute approximate surface area is 113 Å². The van der Waals surface area contributed by atoms with Crippen LogP contribution in [0.4, 0.5) is 0 Å². The lowest BCUT2D eigenvalue weighted by Gasteiger charge is -2.03. The first-order valence-electron chi connectivity index (χ1n) is 6.46. The van der Waals surface area contributed by atoms with Crippen LogP contribution in [-0.4, -0.2) is 12.1 Å². The summed E-state index contributed by atoms with van der Waals surface area (Å²) in [7, 11) is 1.69. The lowest BCUT2D eigenvalue weighted by Crippen LogP contribution is -1.88. The van der Waals surface area contributed by atoms with E-state index >= 15 is 0 Å². The lowest BCUT2D eigenvalue weighted by atomic mass is 10.0. The van der Waals surface area contributed by atoms with E-state index in [1.54, 1.807) is 7.11 Å². The molecule has 0 atom stereocenters. The summed E-state index contributed by atoms with van der Waals surface area (Å²) in [6.07, 6.45) is 3.04. The summed E-state index contributed by atoms with van der Waals surface area (Å²) in [5.74, 6) is 0.901. The molecule has 2 heteroatoms. The van der Waals surface area contributed by atoms with Gasteiger partial charge in [-0.15, -0.1) is 0 Å². The van der Waals surface area contributed by atoms with Crippen LogP contribution in [0, 0.1) is 6.92 Å². The molecule has 2 nitrogen and oxygen atoms in total. The summed E-state index contributed by atoms with van der Waals surface area (Å²) in [4.78, 5) is 3.33. The third kappa shape index (κ3) is 2.34. The number of hydrogen-bond donors (Lipinski definition) is 1. The summed E-state index contributed by atoms with van der Waals surface area (Å²) in [6, 6.07) is 14.8. The minimum atomic E-state index is 0.901. The zero-order valence-electron chi connectivity index (χ0n) is 11.2. The predicted molar refractivity (Wildman–Crippen MR) is 78.8 cm³/mol. The highest BCUT2D eigenvalue weighted by Crippen LogP contribution is 2.23. The maximum atomic E-state index is 5.18. The van der Waals surface area contributed by atoms with E-state index in [9.17, 15) is 0 Å². The smallest absolute Gasteiger partial charge is 0.118 e. The monoisotopic (exact) mass is 251 g/mol. The van der Waals surface area contributed by atoms with Gasteiger partial charge >= 0.3 is 0 Å². The highest BCUT2D eigenvalue weighted by atomic mass is 16.5. The average Bonchev–Trinajstić information content (AvgIpc) is 2.82. The summed E-state index contributed by atoms with van der Waals surface area (Å²) in [5, 5.41) is 1.32. The number of methoxy groups -OCH3 is 1. The molecule has 0 aliphatic heterocycles. The molecule has 2 aromatic carbocycles. The summed E-state index contributed by atoms with van der Waals surface area (Å²) < 4.78 is 5.18. The Balaban J connectivity index is 1.93. The topological polar surface area (TPSA) is 25.0 Å². The van der Waals surface area contributed by atoms with Gasteiger partial charge in [-0.05, 0) is 48.7 Å². The Morgan fingerprint density at radius 3 is 2.58 bits per heavy atom. The van der Waals surface area contributed by atoms with Gasteiger partial charge in [0.2, 0.25) is 0 Å². The van der Waals surface area contributed by atoms with Crippen molar-refractivity contribution < 1.29 is 4.74 Å². The fraction of sp³-hybridized carbons (Fsp3) is 0.176. The van der Waals surface area contributed by atoms with Gasteiger partial charge in [-0.25, -0.2) is 0 Å². The van der Waals surface area contributed by atoms with E-state index in [2.05, 4.69) is 48.4 Å². The van der Waals surface area contributed by atoms with Crippen molar-refractivity contribution in [1.29, 1.82) is 0 Å². The van der Waals surface area contributed by atoms with Gasteiger partial charge in [0.15, 0.2) is 0 Å². The van der Waals surface area contributed by atoms with Gasteiger partial charge in [0, 0.05) is 17.1 Å². The number of hydrogen-bond acceptors (Lipinski definition) is 1. The Morgan fingerprint density at radius 1 is 1.05 bits per heavy atom. The normalized spacial score (nSPS) is 10.8. The first kappa shape index (κ1) is 11.8. The predicted octanol–water partition coefficient (Wildman–Crippen LogP) is 4.08. The van der Waals surface area contributed by atoms with Crippen LogP contribution in [0.5, 0.6) is 5.75 Å². The van der Waals surface area contributed by atoms with Crippen molar-refractivity contribution >= 4 is 10.9 Å². The number of nitrogens with one attached hydrogen (secondary N) is 1. The second-order valence-corrected chi connectivity index (χ2v) is 4.89. The molecule has 0 aliphatic rings. The van der Waals surface area contributed by atoms with Crippen molar-refractivity contribution in [3.05, 3.63) is 65.4 Å². The Kier molecular flexibility index (Phi) is 3.00. The number of H-pyrrole nitrogens is 1. The first-order chi connectivity index (χ1) is 9.26. The highest BCUT2D eigenvalue weighted by Gasteiger charge is 2.05. The van der Waals surface area contributed by atoms with E-state index in [0.717, 1.165) is 12.2 Å². The number of aryl methyl sites for hydroxylation is 1. The van der Waals surface area contributed by atoms with E-state index in [1.165, 1.54) is 27.6 Å². The van der Waals surface area contributed by atoms with Crippen molar-refractivity contribution in [2.45, 2.75) is 13.3 Å². The van der Waals surface area contributed by atoms with Crippen LogP contribution in [0.3, 0.4) is 0 Å². The van der Waals surface area contributed by atoms with Crippen LogP contribution >= 0.6 is 0 Å². The molecular formula is C17H17NO. The number of aromatic nitrogens is 1. The zero-order chi connectivity index (χ0) is 13.2. The molecule has 0 bridgehead atoms. The van der Waals surface area contributed by atoms with Gasteiger partial charge in [-0.1, -0.05) is 23.8 Å². The number of aromatic amines is 1. The molecule has 0 saturated heterocycles. The molecule has 0 fully saturated rings. The maximum Gasteiger partial charge on any atom is 0.118 e. The van der Waals surface area contributed by atoms with Gasteiger partial charge in [0.05, 0.1) is 7.11 Å². The van der Waals surface area contributed by atoms with Crippen molar-refractivity contribution in [3.63, 3.8) is 0 Å². The van der Waals surface area contributed by atoms with E-state index in [-0.39, 0.29) is 0 Å². The molecular weight excluding hydrogens is 234 g/mol. The summed E-state index contributed by atoms with van der Waals surface area (Å²) >= 11 is 0. The number of ether oxygens (including phenoxy) is 1. The third-order valence-electron chi connectivity index (χ3n) is 3.48. The average molecular weight is 251 g/mol. The molecule has 1 N–H and O–H groups in total. The molecule has 1 aromatic heterocycles. The zero-order valence-corrected chi connectivity index (χ0v) is 11.2. The fourth-order valence-electron chi connectivity index (χ4n) is 2.40. The Hall–Kier alpha value is -2.22. The minimum absolute atomic E-state index is 0.901. The summed E-state index contributed by atoms with van der Waals surface area (Å²) in [5.41, 5.74) is 5.13. The van der Waals surface area contributed by atoms with Crippen LogP contribution in [0.2, 0.25) is 0 Å². The van der Waals surface area contributed by atoms with Crippen molar-refractivity contribution in [2.24, 2.45) is 0 Å². The van der Waals surface area contributed by atoms with Crippen LogP contribution in [-0.2, 0) is 6.42 Å². The number of rotatable bonds is 3. The van der Waals surface area contributed by atoms with Crippen LogP contribution < -0.4 is 4.74 Å². The molecule has 1 heterocycles. The van der Waals surface area contributed by atoms with Crippen molar-refractivity contribution in [2.75, 3.05) is 7.11 Å². The van der Waals surface area contributed by atoms with E-state index in [4.69, 9.17) is 4.74 Å².